The van der Waals surface area contributed by atoms with E-state index in [1.54, 1.807) is 11.3 Å². The van der Waals surface area contributed by atoms with Gasteiger partial charge in [-0.05, 0) is 37.3 Å². The van der Waals surface area contributed by atoms with Crippen molar-refractivity contribution in [3.63, 3.8) is 0 Å². The zero-order valence-electron chi connectivity index (χ0n) is 16.4. The third-order valence-corrected chi connectivity index (χ3v) is 6.52. The number of hydrogen-bond donors (Lipinski definition) is 2. The van der Waals surface area contributed by atoms with E-state index in [9.17, 15) is 9.59 Å². The Balaban J connectivity index is 1.48. The third kappa shape index (κ3) is 4.17. The molecule has 152 valence electrons. The number of thiazole rings is 1. The van der Waals surface area contributed by atoms with E-state index in [4.69, 9.17) is 5.73 Å². The van der Waals surface area contributed by atoms with Gasteiger partial charge in [0.15, 0.2) is 5.13 Å². The number of para-hydroxylation sites is 1. The van der Waals surface area contributed by atoms with E-state index in [1.807, 2.05) is 30.3 Å². The number of carbonyl (C=O) groups excluding carboxylic acids is 2. The van der Waals surface area contributed by atoms with E-state index in [0.717, 1.165) is 30.6 Å². The molecule has 1 aliphatic carbocycles. The maximum Gasteiger partial charge on any atom is 0.273 e. The maximum absolute atomic E-state index is 12.8. The topological polar surface area (TPSA) is 101 Å². The van der Waals surface area contributed by atoms with Crippen LogP contribution in [0, 0.1) is 5.92 Å². The van der Waals surface area contributed by atoms with Crippen LogP contribution in [-0.4, -0.2) is 28.6 Å². The summed E-state index contributed by atoms with van der Waals surface area (Å²) in [6.45, 7) is 2.22. The van der Waals surface area contributed by atoms with Crippen molar-refractivity contribution < 1.29 is 9.59 Å². The Labute approximate surface area is 174 Å². The third-order valence-electron chi connectivity index (χ3n) is 5.48. The van der Waals surface area contributed by atoms with Crippen molar-refractivity contribution in [3.05, 3.63) is 40.9 Å². The Morgan fingerprint density at radius 3 is 2.79 bits per heavy atom. The van der Waals surface area contributed by atoms with E-state index >= 15 is 0 Å². The zero-order valence-corrected chi connectivity index (χ0v) is 17.2. The molecule has 2 unspecified atom stereocenters. The SMILES string of the molecule is CCCC1CCc2nc(NC(=O)C3=NN(c4ccccc4)C(C(N)=O)C3)sc2C1. The molecule has 3 N–H and O–H groups in total. The van der Waals surface area contributed by atoms with E-state index in [1.165, 1.54) is 22.7 Å². The highest BCUT2D eigenvalue weighted by Gasteiger charge is 2.35. The number of fused-ring (bicyclic) bond motifs is 1. The minimum absolute atomic E-state index is 0.180. The number of hydrogen-bond acceptors (Lipinski definition) is 6. The second kappa shape index (κ2) is 8.32. The molecule has 2 aromatic rings. The largest absolute Gasteiger partial charge is 0.368 e. The van der Waals surface area contributed by atoms with E-state index in [0.29, 0.717) is 11.0 Å². The van der Waals surface area contributed by atoms with Crippen LogP contribution in [0.2, 0.25) is 0 Å². The van der Waals surface area contributed by atoms with Crippen molar-refractivity contribution in [1.82, 2.24) is 4.98 Å². The molecule has 0 spiro atoms. The molecule has 7 nitrogen and oxygen atoms in total. The summed E-state index contributed by atoms with van der Waals surface area (Å²) in [5, 5.41) is 9.40. The van der Waals surface area contributed by atoms with Crippen molar-refractivity contribution in [2.75, 3.05) is 10.3 Å². The number of rotatable bonds is 6. The Bertz CT molecular complexity index is 940. The van der Waals surface area contributed by atoms with Gasteiger partial charge >= 0.3 is 0 Å². The molecule has 0 saturated carbocycles. The maximum atomic E-state index is 12.8. The van der Waals surface area contributed by atoms with Gasteiger partial charge in [-0.3, -0.25) is 19.9 Å². The lowest BCUT2D eigenvalue weighted by Crippen LogP contribution is -2.39. The summed E-state index contributed by atoms with van der Waals surface area (Å²) < 4.78 is 0. The van der Waals surface area contributed by atoms with Gasteiger partial charge in [-0.15, -0.1) is 11.3 Å². The molecule has 1 aliphatic heterocycles. The van der Waals surface area contributed by atoms with Gasteiger partial charge in [-0.25, -0.2) is 4.98 Å². The van der Waals surface area contributed by atoms with Gasteiger partial charge in [-0.2, -0.15) is 5.10 Å². The molecule has 1 aromatic carbocycles. The van der Waals surface area contributed by atoms with Crippen LogP contribution < -0.4 is 16.1 Å². The molecule has 0 fully saturated rings. The number of carbonyl (C=O) groups is 2. The first-order chi connectivity index (χ1) is 14.0. The summed E-state index contributed by atoms with van der Waals surface area (Å²) in [4.78, 5) is 30.6. The molecule has 2 heterocycles. The quantitative estimate of drug-likeness (QED) is 0.763. The average molecular weight is 412 g/mol. The predicted molar refractivity (Wildman–Crippen MR) is 115 cm³/mol. The first-order valence-corrected chi connectivity index (χ1v) is 10.9. The number of aromatic nitrogens is 1. The minimum atomic E-state index is -0.669. The molecular weight excluding hydrogens is 386 g/mol. The summed E-state index contributed by atoms with van der Waals surface area (Å²) >= 11 is 1.55. The molecule has 2 atom stereocenters. The van der Waals surface area contributed by atoms with Crippen LogP contribution in [0.25, 0.3) is 0 Å². The lowest BCUT2D eigenvalue weighted by atomic mass is 9.88. The Kier molecular flexibility index (Phi) is 5.62. The highest BCUT2D eigenvalue weighted by Crippen LogP contribution is 2.34. The number of primary amides is 1. The first-order valence-electron chi connectivity index (χ1n) is 10.1. The zero-order chi connectivity index (χ0) is 20.4. The van der Waals surface area contributed by atoms with Gasteiger partial charge in [0.1, 0.15) is 11.8 Å². The fourth-order valence-electron chi connectivity index (χ4n) is 4.01. The van der Waals surface area contributed by atoms with Crippen LogP contribution in [0.1, 0.15) is 43.2 Å². The van der Waals surface area contributed by atoms with Gasteiger partial charge in [0, 0.05) is 11.3 Å². The normalized spacial score (nSPS) is 20.9. The molecular formula is C21H25N5O2S. The fraction of sp³-hybridized carbons (Fsp3) is 0.429. The van der Waals surface area contributed by atoms with Crippen LogP contribution in [0.5, 0.6) is 0 Å². The van der Waals surface area contributed by atoms with Gasteiger partial charge in [0.2, 0.25) is 5.91 Å². The molecule has 0 saturated heterocycles. The van der Waals surface area contributed by atoms with Crippen LogP contribution in [0.15, 0.2) is 35.4 Å². The summed E-state index contributed by atoms with van der Waals surface area (Å²) in [5.41, 5.74) is 7.67. The summed E-state index contributed by atoms with van der Waals surface area (Å²) in [5.74, 6) is -0.121. The number of nitrogens with zero attached hydrogens (tertiary/aromatic N) is 3. The summed E-state index contributed by atoms with van der Waals surface area (Å²) in [7, 11) is 0. The number of anilines is 2. The van der Waals surface area contributed by atoms with Crippen LogP contribution in [0.4, 0.5) is 10.8 Å². The summed E-state index contributed by atoms with van der Waals surface area (Å²) in [6, 6.07) is 8.59. The van der Waals surface area contributed by atoms with Gasteiger partial charge < -0.3 is 5.73 Å². The number of benzene rings is 1. The molecule has 2 amide bonds. The number of amides is 2. The lowest BCUT2D eigenvalue weighted by Gasteiger charge is -2.20. The second-order valence-electron chi connectivity index (χ2n) is 7.59. The molecule has 2 aliphatic rings. The van der Waals surface area contributed by atoms with Gasteiger partial charge in [-0.1, -0.05) is 38.0 Å². The molecule has 0 radical (unpaired) electrons. The standard InChI is InChI=1S/C21H25N5O2S/c1-2-6-13-9-10-15-18(11-13)29-21(23-15)24-20(28)16-12-17(19(22)27)26(25-16)14-7-4-3-5-8-14/h3-5,7-8,13,17H,2,6,9-12H2,1H3,(H2,22,27)(H,23,24,28). The van der Waals surface area contributed by atoms with E-state index < -0.39 is 11.9 Å². The molecule has 29 heavy (non-hydrogen) atoms. The van der Waals surface area contributed by atoms with Crippen LogP contribution >= 0.6 is 11.3 Å². The Morgan fingerprint density at radius 2 is 2.07 bits per heavy atom. The van der Waals surface area contributed by atoms with Gasteiger partial charge in [0.05, 0.1) is 11.4 Å². The van der Waals surface area contributed by atoms with E-state index in [2.05, 4.69) is 22.3 Å². The van der Waals surface area contributed by atoms with Crippen molar-refractivity contribution >= 4 is 39.7 Å². The minimum Gasteiger partial charge on any atom is -0.368 e. The van der Waals surface area contributed by atoms with Crippen LogP contribution in [-0.2, 0) is 22.4 Å². The Hall–Kier alpha value is -2.74. The summed E-state index contributed by atoms with van der Waals surface area (Å²) in [6.07, 6.45) is 5.79. The number of hydrazone groups is 1. The lowest BCUT2D eigenvalue weighted by molar-refractivity contribution is -0.119. The number of nitrogens with one attached hydrogen (secondary N) is 1. The monoisotopic (exact) mass is 411 g/mol. The van der Waals surface area contributed by atoms with Crippen molar-refractivity contribution in [1.29, 1.82) is 0 Å². The smallest absolute Gasteiger partial charge is 0.273 e. The highest BCUT2D eigenvalue weighted by molar-refractivity contribution is 7.16. The number of aryl methyl sites for hydroxylation is 1. The van der Waals surface area contributed by atoms with Crippen LogP contribution in [0.3, 0.4) is 0 Å². The van der Waals surface area contributed by atoms with E-state index in [-0.39, 0.29) is 18.0 Å². The second-order valence-corrected chi connectivity index (χ2v) is 8.67. The molecule has 1 aromatic heterocycles. The highest BCUT2D eigenvalue weighted by atomic mass is 32.1. The van der Waals surface area contributed by atoms with Crippen molar-refractivity contribution in [2.45, 2.75) is 51.5 Å². The van der Waals surface area contributed by atoms with Crippen molar-refractivity contribution in [3.8, 4) is 0 Å². The number of nitrogens with two attached hydrogens (primary N) is 1. The predicted octanol–water partition coefficient (Wildman–Crippen LogP) is 3.11. The Morgan fingerprint density at radius 1 is 1.28 bits per heavy atom. The van der Waals surface area contributed by atoms with Crippen molar-refractivity contribution in [2.24, 2.45) is 16.8 Å². The first kappa shape index (κ1) is 19.6. The molecule has 8 heteroatoms. The van der Waals surface area contributed by atoms with Gasteiger partial charge in [0.25, 0.3) is 5.91 Å². The fourth-order valence-corrected chi connectivity index (χ4v) is 5.13. The molecule has 4 rings (SSSR count). The molecule has 0 bridgehead atoms. The average Bonchev–Trinajstić information content (AvgIpc) is 3.32.